The number of carbonyl (C=O) groups is 1. The summed E-state index contributed by atoms with van der Waals surface area (Å²) in [6.07, 6.45) is 4.05. The summed E-state index contributed by atoms with van der Waals surface area (Å²) >= 11 is 0. The maximum absolute atomic E-state index is 10.1. The molecule has 0 aromatic rings. The first-order chi connectivity index (χ1) is 5.33. The Morgan fingerprint density at radius 3 is 2.64 bits per heavy atom. The molecule has 0 aromatic heterocycles. The summed E-state index contributed by atoms with van der Waals surface area (Å²) in [4.78, 5) is 12.5. The third kappa shape index (κ3) is 2.85. The van der Waals surface area contributed by atoms with Crippen molar-refractivity contribution in [1.82, 2.24) is 4.90 Å². The molecule has 0 radical (unpaired) electrons. The zero-order chi connectivity index (χ0) is 8.10. The largest absolute Gasteiger partial charge is 0.303 e. The standard InChI is InChI=1S/C9H15NO/c1-9(4-7-11)8-10-5-2-3-6-10/h7H,1-6,8H2. The molecule has 0 unspecified atom stereocenters. The van der Waals surface area contributed by atoms with Crippen LogP contribution in [0.25, 0.3) is 0 Å². The first-order valence-electron chi connectivity index (χ1n) is 4.15. The van der Waals surface area contributed by atoms with Gasteiger partial charge in [0.1, 0.15) is 6.29 Å². The monoisotopic (exact) mass is 153 g/mol. The van der Waals surface area contributed by atoms with Crippen molar-refractivity contribution in [2.24, 2.45) is 0 Å². The van der Waals surface area contributed by atoms with Gasteiger partial charge in [-0.05, 0) is 25.9 Å². The zero-order valence-electron chi connectivity index (χ0n) is 6.88. The van der Waals surface area contributed by atoms with E-state index >= 15 is 0 Å². The summed E-state index contributed by atoms with van der Waals surface area (Å²) in [5, 5.41) is 0. The second-order valence-corrected chi connectivity index (χ2v) is 3.10. The molecular weight excluding hydrogens is 138 g/mol. The van der Waals surface area contributed by atoms with Crippen LogP contribution < -0.4 is 0 Å². The van der Waals surface area contributed by atoms with Gasteiger partial charge in [-0.1, -0.05) is 12.2 Å². The fraction of sp³-hybridized carbons (Fsp3) is 0.667. The van der Waals surface area contributed by atoms with Crippen LogP contribution in [0, 0.1) is 0 Å². The number of nitrogens with zero attached hydrogens (tertiary/aromatic N) is 1. The van der Waals surface area contributed by atoms with Gasteiger partial charge in [0.05, 0.1) is 0 Å². The van der Waals surface area contributed by atoms with Gasteiger partial charge in [0.2, 0.25) is 0 Å². The predicted octanol–water partition coefficient (Wildman–Crippen LogP) is 1.23. The molecule has 0 amide bonds. The van der Waals surface area contributed by atoms with Gasteiger partial charge in [-0.3, -0.25) is 4.90 Å². The second kappa shape index (κ2) is 4.29. The molecule has 1 aliphatic heterocycles. The van der Waals surface area contributed by atoms with E-state index in [1.54, 1.807) is 0 Å². The maximum Gasteiger partial charge on any atom is 0.124 e. The Labute approximate surface area is 67.9 Å². The molecule has 1 saturated heterocycles. The zero-order valence-corrected chi connectivity index (χ0v) is 6.88. The Bertz CT molecular complexity index is 148. The molecule has 0 bridgehead atoms. The average Bonchev–Trinajstić information content (AvgIpc) is 2.40. The van der Waals surface area contributed by atoms with E-state index < -0.39 is 0 Å². The van der Waals surface area contributed by atoms with Gasteiger partial charge in [-0.2, -0.15) is 0 Å². The van der Waals surface area contributed by atoms with E-state index in [4.69, 9.17) is 0 Å². The molecule has 1 fully saturated rings. The van der Waals surface area contributed by atoms with Crippen LogP contribution in [-0.2, 0) is 4.79 Å². The summed E-state index contributed by atoms with van der Waals surface area (Å²) in [5.41, 5.74) is 1.04. The van der Waals surface area contributed by atoms with Crippen molar-refractivity contribution in [3.05, 3.63) is 12.2 Å². The Morgan fingerprint density at radius 2 is 2.09 bits per heavy atom. The minimum atomic E-state index is 0.524. The SMILES string of the molecule is C=C(CC=O)CN1CCCC1. The molecule has 0 N–H and O–H groups in total. The summed E-state index contributed by atoms with van der Waals surface area (Å²) in [5.74, 6) is 0. The average molecular weight is 153 g/mol. The lowest BCUT2D eigenvalue weighted by atomic mass is 10.2. The Kier molecular flexibility index (Phi) is 3.30. The molecule has 0 saturated carbocycles. The summed E-state index contributed by atoms with van der Waals surface area (Å²) in [6, 6.07) is 0. The van der Waals surface area contributed by atoms with E-state index in [0.29, 0.717) is 6.42 Å². The minimum Gasteiger partial charge on any atom is -0.303 e. The minimum absolute atomic E-state index is 0.524. The molecule has 1 aliphatic rings. The molecule has 0 aromatic carbocycles. The molecule has 2 nitrogen and oxygen atoms in total. The van der Waals surface area contributed by atoms with E-state index in [9.17, 15) is 4.79 Å². The molecule has 1 heterocycles. The first kappa shape index (κ1) is 8.47. The molecular formula is C9H15NO. The molecule has 2 heteroatoms. The van der Waals surface area contributed by atoms with Crippen molar-refractivity contribution in [2.45, 2.75) is 19.3 Å². The fourth-order valence-corrected chi connectivity index (χ4v) is 1.44. The highest BCUT2D eigenvalue weighted by molar-refractivity contribution is 5.53. The summed E-state index contributed by atoms with van der Waals surface area (Å²) < 4.78 is 0. The highest BCUT2D eigenvalue weighted by Crippen LogP contribution is 2.09. The molecule has 11 heavy (non-hydrogen) atoms. The van der Waals surface area contributed by atoms with Crippen molar-refractivity contribution in [3.8, 4) is 0 Å². The Balaban J connectivity index is 2.18. The van der Waals surface area contributed by atoms with Crippen LogP contribution in [0.2, 0.25) is 0 Å². The van der Waals surface area contributed by atoms with Crippen molar-refractivity contribution >= 4 is 6.29 Å². The number of hydrogen-bond acceptors (Lipinski definition) is 2. The van der Waals surface area contributed by atoms with Crippen LogP contribution in [0.5, 0.6) is 0 Å². The number of carbonyl (C=O) groups excluding carboxylic acids is 1. The van der Waals surface area contributed by atoms with Gasteiger partial charge in [0.25, 0.3) is 0 Å². The number of likely N-dealkylation sites (tertiary alicyclic amines) is 1. The van der Waals surface area contributed by atoms with E-state index in [1.807, 2.05) is 0 Å². The summed E-state index contributed by atoms with van der Waals surface area (Å²) in [7, 11) is 0. The van der Waals surface area contributed by atoms with Gasteiger partial charge in [-0.15, -0.1) is 0 Å². The highest BCUT2D eigenvalue weighted by Gasteiger charge is 2.11. The third-order valence-electron chi connectivity index (χ3n) is 2.02. The van der Waals surface area contributed by atoms with E-state index in [2.05, 4.69) is 11.5 Å². The van der Waals surface area contributed by atoms with Crippen molar-refractivity contribution in [2.75, 3.05) is 19.6 Å². The topological polar surface area (TPSA) is 20.3 Å². The van der Waals surface area contributed by atoms with Crippen LogP contribution in [0.1, 0.15) is 19.3 Å². The van der Waals surface area contributed by atoms with Crippen LogP contribution in [-0.4, -0.2) is 30.8 Å². The highest BCUT2D eigenvalue weighted by atomic mass is 16.1. The Morgan fingerprint density at radius 1 is 1.45 bits per heavy atom. The van der Waals surface area contributed by atoms with Crippen LogP contribution >= 0.6 is 0 Å². The molecule has 1 rings (SSSR count). The molecule has 62 valence electrons. The predicted molar refractivity (Wildman–Crippen MR) is 45.5 cm³/mol. The van der Waals surface area contributed by atoms with Crippen LogP contribution in [0.4, 0.5) is 0 Å². The molecule has 0 atom stereocenters. The van der Waals surface area contributed by atoms with E-state index in [0.717, 1.165) is 18.4 Å². The van der Waals surface area contributed by atoms with Crippen molar-refractivity contribution in [3.63, 3.8) is 0 Å². The fourth-order valence-electron chi connectivity index (χ4n) is 1.44. The number of aldehydes is 1. The number of rotatable bonds is 4. The number of hydrogen-bond donors (Lipinski definition) is 0. The first-order valence-corrected chi connectivity index (χ1v) is 4.15. The normalized spacial score (nSPS) is 18.5. The molecule has 0 spiro atoms. The van der Waals surface area contributed by atoms with E-state index in [-0.39, 0.29) is 0 Å². The smallest absolute Gasteiger partial charge is 0.124 e. The lowest BCUT2D eigenvalue weighted by molar-refractivity contribution is -0.107. The van der Waals surface area contributed by atoms with Gasteiger partial charge < -0.3 is 4.79 Å². The quantitative estimate of drug-likeness (QED) is 0.447. The molecule has 0 aliphatic carbocycles. The van der Waals surface area contributed by atoms with E-state index in [1.165, 1.54) is 25.9 Å². The Hall–Kier alpha value is -0.630. The van der Waals surface area contributed by atoms with Gasteiger partial charge >= 0.3 is 0 Å². The van der Waals surface area contributed by atoms with Crippen LogP contribution in [0.15, 0.2) is 12.2 Å². The van der Waals surface area contributed by atoms with Crippen molar-refractivity contribution < 1.29 is 4.79 Å². The van der Waals surface area contributed by atoms with Gasteiger partial charge in [0, 0.05) is 13.0 Å². The second-order valence-electron chi connectivity index (χ2n) is 3.10. The third-order valence-corrected chi connectivity index (χ3v) is 2.02. The van der Waals surface area contributed by atoms with Gasteiger partial charge in [0.15, 0.2) is 0 Å². The lowest BCUT2D eigenvalue weighted by Gasteiger charge is -2.14. The van der Waals surface area contributed by atoms with Crippen molar-refractivity contribution in [1.29, 1.82) is 0 Å². The lowest BCUT2D eigenvalue weighted by Crippen LogP contribution is -2.21. The summed E-state index contributed by atoms with van der Waals surface area (Å²) in [6.45, 7) is 7.11. The maximum atomic E-state index is 10.1. The van der Waals surface area contributed by atoms with Gasteiger partial charge in [-0.25, -0.2) is 0 Å². The van der Waals surface area contributed by atoms with Crippen LogP contribution in [0.3, 0.4) is 0 Å².